The molecule has 0 bridgehead atoms. The summed E-state index contributed by atoms with van der Waals surface area (Å²) in [4.78, 5) is 19.1. The zero-order valence-electron chi connectivity index (χ0n) is 17.3. The van der Waals surface area contributed by atoms with Gasteiger partial charge in [0, 0.05) is 37.6 Å². The molecule has 1 saturated carbocycles. The van der Waals surface area contributed by atoms with Gasteiger partial charge in [-0.25, -0.2) is 0 Å². The molecule has 2 aromatic heterocycles. The molecule has 0 spiro atoms. The number of aromatic nitrogens is 3. The Morgan fingerprint density at radius 3 is 2.61 bits per heavy atom. The van der Waals surface area contributed by atoms with Crippen molar-refractivity contribution in [3.05, 3.63) is 48.0 Å². The molecule has 3 rings (SSSR count). The number of nitrogens with one attached hydrogen (secondary N) is 1. The lowest BCUT2D eigenvalue weighted by atomic mass is 9.77. The van der Waals surface area contributed by atoms with Crippen LogP contribution in [0.1, 0.15) is 49.5 Å². The van der Waals surface area contributed by atoms with Gasteiger partial charge in [0.25, 0.3) is 0 Å². The number of rotatable bonds is 8. The van der Waals surface area contributed by atoms with E-state index in [1.54, 1.807) is 6.20 Å². The third-order valence-corrected chi connectivity index (χ3v) is 5.95. The van der Waals surface area contributed by atoms with E-state index in [1.807, 2.05) is 29.9 Å². The van der Waals surface area contributed by atoms with Crippen molar-refractivity contribution in [2.75, 3.05) is 20.6 Å². The van der Waals surface area contributed by atoms with Crippen LogP contribution < -0.4 is 5.32 Å². The molecule has 1 atom stereocenters. The maximum atomic E-state index is 12.2. The third kappa shape index (κ3) is 5.41. The second-order valence-corrected chi connectivity index (χ2v) is 8.19. The fourth-order valence-electron chi connectivity index (χ4n) is 4.37. The number of carbonyl (C=O) groups excluding carboxylic acids is 1. The van der Waals surface area contributed by atoms with E-state index < -0.39 is 0 Å². The molecule has 2 heterocycles. The van der Waals surface area contributed by atoms with Gasteiger partial charge in [0.2, 0.25) is 5.91 Å². The molecule has 0 radical (unpaired) electrons. The fourth-order valence-corrected chi connectivity index (χ4v) is 4.37. The summed E-state index contributed by atoms with van der Waals surface area (Å²) in [7, 11) is 4.29. The molecule has 1 aliphatic carbocycles. The minimum Gasteiger partial charge on any atom is -0.356 e. The van der Waals surface area contributed by atoms with Gasteiger partial charge in [0.15, 0.2) is 0 Å². The average Bonchev–Trinajstić information content (AvgIpc) is 3.11. The molecule has 6 nitrogen and oxygen atoms in total. The summed E-state index contributed by atoms with van der Waals surface area (Å²) in [6.07, 6.45) is 8.86. The van der Waals surface area contributed by atoms with E-state index in [0.717, 1.165) is 17.9 Å². The van der Waals surface area contributed by atoms with Crippen molar-refractivity contribution in [3.63, 3.8) is 0 Å². The van der Waals surface area contributed by atoms with Crippen LogP contribution in [-0.4, -0.2) is 46.2 Å². The number of amides is 1. The van der Waals surface area contributed by atoms with Gasteiger partial charge < -0.3 is 10.2 Å². The van der Waals surface area contributed by atoms with Crippen LogP contribution in [0.2, 0.25) is 0 Å². The Morgan fingerprint density at radius 2 is 2.00 bits per heavy atom. The van der Waals surface area contributed by atoms with E-state index in [4.69, 9.17) is 0 Å². The van der Waals surface area contributed by atoms with E-state index >= 15 is 0 Å². The molecule has 1 aliphatic rings. The van der Waals surface area contributed by atoms with Crippen LogP contribution in [0.4, 0.5) is 0 Å². The number of aryl methyl sites for hydroxylation is 2. The molecule has 0 saturated heterocycles. The predicted molar refractivity (Wildman–Crippen MR) is 111 cm³/mol. The van der Waals surface area contributed by atoms with E-state index in [9.17, 15) is 4.79 Å². The topological polar surface area (TPSA) is 63.1 Å². The molecule has 0 unspecified atom stereocenters. The van der Waals surface area contributed by atoms with Crippen molar-refractivity contribution in [1.29, 1.82) is 0 Å². The predicted octanol–water partition coefficient (Wildman–Crippen LogP) is 3.20. The second kappa shape index (κ2) is 9.82. The lowest BCUT2D eigenvalue weighted by Crippen LogP contribution is -2.35. The first-order valence-corrected chi connectivity index (χ1v) is 10.4. The first-order valence-electron chi connectivity index (χ1n) is 10.4. The van der Waals surface area contributed by atoms with E-state index in [-0.39, 0.29) is 5.91 Å². The highest BCUT2D eigenvalue weighted by Gasteiger charge is 2.30. The monoisotopic (exact) mass is 383 g/mol. The van der Waals surface area contributed by atoms with Gasteiger partial charge in [-0.3, -0.25) is 14.5 Å². The molecule has 1 N–H and O–H groups in total. The zero-order valence-corrected chi connectivity index (χ0v) is 17.3. The van der Waals surface area contributed by atoms with Crippen molar-refractivity contribution in [2.24, 2.45) is 11.8 Å². The molecular formula is C22H33N5O. The van der Waals surface area contributed by atoms with Gasteiger partial charge >= 0.3 is 0 Å². The number of pyridine rings is 1. The van der Waals surface area contributed by atoms with Crippen LogP contribution in [0.5, 0.6) is 0 Å². The second-order valence-electron chi connectivity index (χ2n) is 8.19. The van der Waals surface area contributed by atoms with Crippen molar-refractivity contribution in [2.45, 2.75) is 51.6 Å². The van der Waals surface area contributed by atoms with Crippen molar-refractivity contribution in [1.82, 2.24) is 25.0 Å². The molecule has 2 aromatic rings. The standard InChI is InChI=1S/C22H33N5O/c1-17-11-14-25-27(17)15-12-21(28)24-16-18-7-9-19(10-8-18)22(26(2)3)20-6-4-5-13-23-20/h4-6,11,13-14,18-19,22H,7-10,12,15-16H2,1-3H3,(H,24,28)/t18?,19?,22-/m0/s1. The van der Waals surface area contributed by atoms with Crippen molar-refractivity contribution in [3.8, 4) is 0 Å². The summed E-state index contributed by atoms with van der Waals surface area (Å²) < 4.78 is 1.88. The molecule has 6 heteroatoms. The zero-order chi connectivity index (χ0) is 19.9. The number of hydrogen-bond acceptors (Lipinski definition) is 4. The molecule has 0 aliphatic heterocycles. The molecule has 0 aromatic carbocycles. The Hall–Kier alpha value is -2.21. The summed E-state index contributed by atoms with van der Waals surface area (Å²) in [6.45, 7) is 3.45. The summed E-state index contributed by atoms with van der Waals surface area (Å²) >= 11 is 0. The van der Waals surface area contributed by atoms with Gasteiger partial charge in [-0.05, 0) is 76.7 Å². The van der Waals surface area contributed by atoms with Crippen LogP contribution in [0, 0.1) is 18.8 Å². The Labute approximate surface area is 168 Å². The molecular weight excluding hydrogens is 350 g/mol. The maximum absolute atomic E-state index is 12.2. The van der Waals surface area contributed by atoms with Gasteiger partial charge in [0.1, 0.15) is 0 Å². The minimum atomic E-state index is 0.122. The largest absolute Gasteiger partial charge is 0.356 e. The number of hydrogen-bond donors (Lipinski definition) is 1. The quantitative estimate of drug-likeness (QED) is 0.760. The van der Waals surface area contributed by atoms with Gasteiger partial charge in [-0.1, -0.05) is 6.07 Å². The highest BCUT2D eigenvalue weighted by molar-refractivity contribution is 5.75. The lowest BCUT2D eigenvalue weighted by molar-refractivity contribution is -0.121. The Balaban J connectivity index is 1.42. The highest BCUT2D eigenvalue weighted by atomic mass is 16.1. The lowest BCUT2D eigenvalue weighted by Gasteiger charge is -2.37. The fraction of sp³-hybridized carbons (Fsp3) is 0.591. The molecule has 1 fully saturated rings. The summed E-state index contributed by atoms with van der Waals surface area (Å²) in [5.74, 6) is 1.33. The number of nitrogens with zero attached hydrogens (tertiary/aromatic N) is 4. The summed E-state index contributed by atoms with van der Waals surface area (Å²) in [6, 6.07) is 8.52. The first-order chi connectivity index (χ1) is 13.5. The van der Waals surface area contributed by atoms with Gasteiger partial charge in [0.05, 0.1) is 11.7 Å². The molecule has 1 amide bonds. The van der Waals surface area contributed by atoms with Crippen molar-refractivity contribution >= 4 is 5.91 Å². The van der Waals surface area contributed by atoms with Gasteiger partial charge in [-0.2, -0.15) is 5.10 Å². The maximum Gasteiger partial charge on any atom is 0.221 e. The average molecular weight is 384 g/mol. The summed E-state index contributed by atoms with van der Waals surface area (Å²) in [5, 5.41) is 7.36. The summed E-state index contributed by atoms with van der Waals surface area (Å²) in [5.41, 5.74) is 2.26. The smallest absolute Gasteiger partial charge is 0.221 e. The van der Waals surface area contributed by atoms with Crippen LogP contribution in [0.15, 0.2) is 36.7 Å². The molecule has 28 heavy (non-hydrogen) atoms. The molecule has 152 valence electrons. The Morgan fingerprint density at radius 1 is 1.21 bits per heavy atom. The van der Waals surface area contributed by atoms with E-state index in [2.05, 4.69) is 46.5 Å². The Kier molecular flexibility index (Phi) is 7.20. The van der Waals surface area contributed by atoms with E-state index in [0.29, 0.717) is 30.8 Å². The number of carbonyl (C=O) groups is 1. The SMILES string of the molecule is Cc1ccnn1CCC(=O)NCC1CCC([C@@H](c2ccccn2)N(C)C)CC1. The van der Waals surface area contributed by atoms with Crippen LogP contribution in [0.3, 0.4) is 0 Å². The normalized spacial score (nSPS) is 20.9. The van der Waals surface area contributed by atoms with Crippen molar-refractivity contribution < 1.29 is 4.79 Å². The minimum absolute atomic E-state index is 0.122. The van der Waals surface area contributed by atoms with Crippen LogP contribution >= 0.6 is 0 Å². The van der Waals surface area contributed by atoms with Crippen LogP contribution in [0.25, 0.3) is 0 Å². The van der Waals surface area contributed by atoms with Gasteiger partial charge in [-0.15, -0.1) is 0 Å². The highest BCUT2D eigenvalue weighted by Crippen LogP contribution is 2.38. The third-order valence-electron chi connectivity index (χ3n) is 5.95. The van der Waals surface area contributed by atoms with E-state index in [1.165, 1.54) is 25.7 Å². The first kappa shape index (κ1) is 20.5. The Bertz CT molecular complexity index is 734. The van der Waals surface area contributed by atoms with Crippen LogP contribution in [-0.2, 0) is 11.3 Å².